The minimum absolute atomic E-state index is 0.0815. The zero-order valence-electron chi connectivity index (χ0n) is 10.1. The first-order valence-corrected chi connectivity index (χ1v) is 5.87. The van der Waals surface area contributed by atoms with Crippen LogP contribution in [0.15, 0.2) is 36.5 Å². The number of pyridine rings is 1. The maximum absolute atomic E-state index is 12.9. The number of halogens is 2. The highest BCUT2D eigenvalue weighted by atomic mass is 35.5. The molecule has 0 unspecified atom stereocenters. The largest absolute Gasteiger partial charge is 0.366 e. The molecule has 102 valence electrons. The molecule has 2 amide bonds. The predicted octanol–water partition coefficient (Wildman–Crippen LogP) is 2.23. The summed E-state index contributed by atoms with van der Waals surface area (Å²) in [5.74, 6) is -1.99. The van der Waals surface area contributed by atoms with Crippen LogP contribution in [0.1, 0.15) is 20.7 Å². The summed E-state index contributed by atoms with van der Waals surface area (Å²) < 4.78 is 12.9. The van der Waals surface area contributed by atoms with Gasteiger partial charge in [-0.1, -0.05) is 11.6 Å². The molecule has 3 N–H and O–H groups in total. The number of carbonyl (C=O) groups is 2. The number of aromatic nitrogens is 1. The fourth-order valence-corrected chi connectivity index (χ4v) is 1.68. The average Bonchev–Trinajstić information content (AvgIpc) is 2.41. The second-order valence-corrected chi connectivity index (χ2v) is 4.29. The third kappa shape index (κ3) is 3.10. The lowest BCUT2D eigenvalue weighted by Gasteiger charge is -2.08. The molecular weight excluding hydrogens is 285 g/mol. The summed E-state index contributed by atoms with van der Waals surface area (Å²) in [6.45, 7) is 0. The van der Waals surface area contributed by atoms with Crippen molar-refractivity contribution in [1.82, 2.24) is 4.98 Å². The van der Waals surface area contributed by atoms with Gasteiger partial charge in [0.25, 0.3) is 5.91 Å². The van der Waals surface area contributed by atoms with E-state index in [1.165, 1.54) is 30.5 Å². The molecule has 0 saturated carbocycles. The second kappa shape index (κ2) is 5.66. The minimum Gasteiger partial charge on any atom is -0.366 e. The van der Waals surface area contributed by atoms with Crippen molar-refractivity contribution in [1.29, 1.82) is 0 Å². The smallest absolute Gasteiger partial charge is 0.255 e. The van der Waals surface area contributed by atoms with Gasteiger partial charge in [0.15, 0.2) is 0 Å². The highest BCUT2D eigenvalue weighted by Gasteiger charge is 2.11. The van der Waals surface area contributed by atoms with Gasteiger partial charge in [-0.15, -0.1) is 0 Å². The van der Waals surface area contributed by atoms with Crippen LogP contribution in [0.5, 0.6) is 0 Å². The molecule has 1 aromatic heterocycles. The van der Waals surface area contributed by atoms with Gasteiger partial charge in [0, 0.05) is 23.4 Å². The molecule has 7 heteroatoms. The SMILES string of the molecule is NC(=O)c1ccc(Cl)c(NC(=O)c2ccnc(F)c2)c1. The number of nitrogens with two attached hydrogens (primary N) is 1. The van der Waals surface area contributed by atoms with Gasteiger partial charge in [-0.3, -0.25) is 9.59 Å². The maximum atomic E-state index is 12.9. The molecule has 20 heavy (non-hydrogen) atoms. The van der Waals surface area contributed by atoms with Crippen LogP contribution in [-0.2, 0) is 0 Å². The van der Waals surface area contributed by atoms with E-state index in [4.69, 9.17) is 17.3 Å². The molecule has 0 atom stereocenters. The number of hydrogen-bond donors (Lipinski definition) is 2. The van der Waals surface area contributed by atoms with E-state index < -0.39 is 17.8 Å². The van der Waals surface area contributed by atoms with Crippen LogP contribution in [0.3, 0.4) is 0 Å². The van der Waals surface area contributed by atoms with Crippen LogP contribution in [0, 0.1) is 5.95 Å². The lowest BCUT2D eigenvalue weighted by Crippen LogP contribution is -2.15. The van der Waals surface area contributed by atoms with Crippen molar-refractivity contribution in [3.63, 3.8) is 0 Å². The lowest BCUT2D eigenvalue weighted by atomic mass is 10.2. The fourth-order valence-electron chi connectivity index (χ4n) is 1.51. The first-order chi connectivity index (χ1) is 9.47. The van der Waals surface area contributed by atoms with E-state index in [9.17, 15) is 14.0 Å². The molecule has 0 saturated heterocycles. The van der Waals surface area contributed by atoms with Crippen LogP contribution in [-0.4, -0.2) is 16.8 Å². The summed E-state index contributed by atoms with van der Waals surface area (Å²) in [7, 11) is 0. The quantitative estimate of drug-likeness (QED) is 0.851. The van der Waals surface area contributed by atoms with Gasteiger partial charge in [-0.2, -0.15) is 4.39 Å². The summed E-state index contributed by atoms with van der Waals surface area (Å²) >= 11 is 5.91. The van der Waals surface area contributed by atoms with Crippen LogP contribution in [0.2, 0.25) is 5.02 Å². The van der Waals surface area contributed by atoms with Gasteiger partial charge >= 0.3 is 0 Å². The molecule has 2 aromatic rings. The Hall–Kier alpha value is -2.47. The van der Waals surface area contributed by atoms with E-state index in [0.717, 1.165) is 6.07 Å². The van der Waals surface area contributed by atoms with Crippen molar-refractivity contribution in [3.8, 4) is 0 Å². The third-order valence-corrected chi connectivity index (χ3v) is 2.82. The molecular formula is C13H9ClFN3O2. The Balaban J connectivity index is 2.27. The molecule has 0 radical (unpaired) electrons. The Morgan fingerprint density at radius 3 is 2.60 bits per heavy atom. The van der Waals surface area contributed by atoms with Gasteiger partial charge < -0.3 is 11.1 Å². The van der Waals surface area contributed by atoms with E-state index in [-0.39, 0.29) is 21.8 Å². The Labute approximate surface area is 118 Å². The van der Waals surface area contributed by atoms with Crippen molar-refractivity contribution in [3.05, 3.63) is 58.6 Å². The van der Waals surface area contributed by atoms with E-state index in [0.29, 0.717) is 0 Å². The number of nitrogens with one attached hydrogen (secondary N) is 1. The maximum Gasteiger partial charge on any atom is 0.255 e. The number of primary amides is 1. The Bertz CT molecular complexity index is 691. The highest BCUT2D eigenvalue weighted by molar-refractivity contribution is 6.34. The standard InChI is InChI=1S/C13H9ClFN3O2/c14-9-2-1-7(12(16)19)5-10(9)18-13(20)8-3-4-17-11(15)6-8/h1-6H,(H2,16,19)(H,18,20). The Morgan fingerprint density at radius 2 is 1.95 bits per heavy atom. The summed E-state index contributed by atoms with van der Waals surface area (Å²) in [6.07, 6.45) is 1.17. The average molecular weight is 294 g/mol. The van der Waals surface area contributed by atoms with Crippen LogP contribution in [0.25, 0.3) is 0 Å². The number of nitrogens with zero attached hydrogens (tertiary/aromatic N) is 1. The van der Waals surface area contributed by atoms with Crippen LogP contribution in [0.4, 0.5) is 10.1 Å². The minimum atomic E-state index is -0.769. The normalized spacial score (nSPS) is 10.1. The van der Waals surface area contributed by atoms with E-state index in [1.807, 2.05) is 0 Å². The zero-order valence-corrected chi connectivity index (χ0v) is 10.8. The van der Waals surface area contributed by atoms with Gasteiger partial charge in [0.1, 0.15) is 0 Å². The van der Waals surface area contributed by atoms with Gasteiger partial charge in [-0.05, 0) is 24.3 Å². The van der Waals surface area contributed by atoms with Gasteiger partial charge in [-0.25, -0.2) is 4.98 Å². The van der Waals surface area contributed by atoms with Crippen molar-refractivity contribution in [2.24, 2.45) is 5.73 Å². The Morgan fingerprint density at radius 1 is 1.20 bits per heavy atom. The lowest BCUT2D eigenvalue weighted by molar-refractivity contribution is 0.0996. The molecule has 0 fully saturated rings. The zero-order chi connectivity index (χ0) is 14.7. The summed E-state index contributed by atoms with van der Waals surface area (Å²) in [5, 5.41) is 2.71. The van der Waals surface area contributed by atoms with Gasteiger partial charge in [0.2, 0.25) is 11.9 Å². The topological polar surface area (TPSA) is 85.1 Å². The predicted molar refractivity (Wildman–Crippen MR) is 72.1 cm³/mol. The molecule has 0 aliphatic carbocycles. The van der Waals surface area contributed by atoms with E-state index >= 15 is 0 Å². The Kier molecular flexibility index (Phi) is 3.95. The first-order valence-electron chi connectivity index (χ1n) is 5.49. The van der Waals surface area contributed by atoms with Crippen LogP contribution >= 0.6 is 11.6 Å². The first kappa shape index (κ1) is 14.0. The molecule has 1 aromatic carbocycles. The molecule has 5 nitrogen and oxygen atoms in total. The van der Waals surface area contributed by atoms with Crippen molar-refractivity contribution >= 4 is 29.1 Å². The molecule has 1 heterocycles. The third-order valence-electron chi connectivity index (χ3n) is 2.49. The van der Waals surface area contributed by atoms with Crippen LogP contribution < -0.4 is 11.1 Å². The van der Waals surface area contributed by atoms with Gasteiger partial charge in [0.05, 0.1) is 10.7 Å². The molecule has 0 spiro atoms. The monoisotopic (exact) mass is 293 g/mol. The highest BCUT2D eigenvalue weighted by Crippen LogP contribution is 2.23. The fraction of sp³-hybridized carbons (Fsp3) is 0. The van der Waals surface area contributed by atoms with Crippen molar-refractivity contribution in [2.75, 3.05) is 5.32 Å². The van der Waals surface area contributed by atoms with E-state index in [1.54, 1.807) is 0 Å². The molecule has 0 aliphatic heterocycles. The van der Waals surface area contributed by atoms with Crippen molar-refractivity contribution < 1.29 is 14.0 Å². The molecule has 0 aliphatic rings. The molecule has 2 rings (SSSR count). The number of carbonyl (C=O) groups excluding carboxylic acids is 2. The molecule has 0 bridgehead atoms. The summed E-state index contributed by atoms with van der Waals surface area (Å²) in [5.41, 5.74) is 5.64. The van der Waals surface area contributed by atoms with E-state index in [2.05, 4.69) is 10.3 Å². The number of amides is 2. The number of anilines is 1. The number of rotatable bonds is 3. The summed E-state index contributed by atoms with van der Waals surface area (Å²) in [6, 6.07) is 6.56. The second-order valence-electron chi connectivity index (χ2n) is 3.88. The number of benzene rings is 1. The summed E-state index contributed by atoms with van der Waals surface area (Å²) in [4.78, 5) is 26.3. The van der Waals surface area contributed by atoms with Crippen molar-refractivity contribution in [2.45, 2.75) is 0 Å². The number of hydrogen-bond acceptors (Lipinski definition) is 3.